The van der Waals surface area contributed by atoms with Crippen LogP contribution in [0.2, 0.25) is 0 Å². The molecule has 2 N–H and O–H groups in total. The van der Waals surface area contributed by atoms with E-state index >= 15 is 0 Å². The van der Waals surface area contributed by atoms with Gasteiger partial charge in [-0.15, -0.1) is 0 Å². The average Bonchev–Trinajstić information content (AvgIpc) is 2.61. The molecular weight excluding hydrogens is 288 g/mol. The minimum absolute atomic E-state index is 0.165. The van der Waals surface area contributed by atoms with Crippen molar-refractivity contribution in [1.29, 1.82) is 0 Å². The molecule has 0 heterocycles. The molecule has 2 rings (SSSR count). The van der Waals surface area contributed by atoms with Crippen molar-refractivity contribution < 1.29 is 8.78 Å². The van der Waals surface area contributed by atoms with Crippen molar-refractivity contribution in [2.45, 2.75) is 32.2 Å². The Balaban J connectivity index is 2.22. The Hall–Kier alpha value is -0.480. The third kappa shape index (κ3) is 2.52. The molecule has 1 aliphatic carbocycles. The van der Waals surface area contributed by atoms with E-state index in [1.165, 1.54) is 12.1 Å². The van der Waals surface area contributed by atoms with Crippen LogP contribution in [0.25, 0.3) is 0 Å². The van der Waals surface area contributed by atoms with E-state index in [1.807, 2.05) is 0 Å². The monoisotopic (exact) mass is 303 g/mol. The van der Waals surface area contributed by atoms with Gasteiger partial charge in [0, 0.05) is 11.6 Å². The molecule has 1 saturated carbocycles. The molecule has 0 amide bonds. The van der Waals surface area contributed by atoms with Gasteiger partial charge in [-0.3, -0.25) is 0 Å². The lowest BCUT2D eigenvalue weighted by atomic mass is 9.89. The number of benzene rings is 1. The molecule has 0 aliphatic heterocycles. The smallest absolute Gasteiger partial charge is 0.143 e. The van der Waals surface area contributed by atoms with Crippen LogP contribution in [0.15, 0.2) is 16.6 Å². The van der Waals surface area contributed by atoms with Crippen molar-refractivity contribution in [2.75, 3.05) is 0 Å². The first-order valence-corrected chi connectivity index (χ1v) is 6.68. The zero-order valence-electron chi connectivity index (χ0n) is 9.72. The van der Waals surface area contributed by atoms with Crippen LogP contribution in [-0.4, -0.2) is 6.04 Å². The highest BCUT2D eigenvalue weighted by molar-refractivity contribution is 9.10. The molecule has 3 atom stereocenters. The predicted octanol–water partition coefficient (Wildman–Crippen LogP) is 3.64. The second-order valence-corrected chi connectivity index (χ2v) is 5.74. The van der Waals surface area contributed by atoms with Gasteiger partial charge in [-0.2, -0.15) is 0 Å². The summed E-state index contributed by atoms with van der Waals surface area (Å²) in [5.74, 6) is -0.327. The van der Waals surface area contributed by atoms with E-state index in [9.17, 15) is 8.78 Å². The lowest BCUT2D eigenvalue weighted by Gasteiger charge is -2.18. The Labute approximate surface area is 109 Å². The largest absolute Gasteiger partial charge is 0.327 e. The summed E-state index contributed by atoms with van der Waals surface area (Å²) in [6.45, 7) is 2.07. The lowest BCUT2D eigenvalue weighted by molar-refractivity contribution is 0.378. The topological polar surface area (TPSA) is 26.0 Å². The van der Waals surface area contributed by atoms with Gasteiger partial charge in [0.15, 0.2) is 0 Å². The van der Waals surface area contributed by atoms with Crippen LogP contribution in [0.3, 0.4) is 0 Å². The molecule has 0 radical (unpaired) electrons. The van der Waals surface area contributed by atoms with Crippen LogP contribution in [0, 0.1) is 23.5 Å². The molecule has 1 aliphatic rings. The first-order chi connectivity index (χ1) is 8.00. The van der Waals surface area contributed by atoms with Gasteiger partial charge in [0.1, 0.15) is 11.6 Å². The van der Waals surface area contributed by atoms with Gasteiger partial charge < -0.3 is 5.73 Å². The summed E-state index contributed by atoms with van der Waals surface area (Å²) in [5.41, 5.74) is 6.12. The number of halogens is 3. The lowest BCUT2D eigenvalue weighted by Crippen LogP contribution is -2.26. The van der Waals surface area contributed by atoms with Gasteiger partial charge in [0.25, 0.3) is 0 Å². The molecule has 0 saturated heterocycles. The summed E-state index contributed by atoms with van der Waals surface area (Å²) >= 11 is 3.09. The normalized spacial score (nSPS) is 28.6. The summed E-state index contributed by atoms with van der Waals surface area (Å²) < 4.78 is 27.8. The maximum atomic E-state index is 13.8. The molecule has 1 aromatic rings. The molecule has 0 spiro atoms. The van der Waals surface area contributed by atoms with Gasteiger partial charge in [-0.05, 0) is 59.2 Å². The molecule has 94 valence electrons. The van der Waals surface area contributed by atoms with E-state index in [-0.39, 0.29) is 17.5 Å². The van der Waals surface area contributed by atoms with Crippen LogP contribution < -0.4 is 5.73 Å². The zero-order chi connectivity index (χ0) is 12.6. The Morgan fingerprint density at radius 3 is 2.65 bits per heavy atom. The summed E-state index contributed by atoms with van der Waals surface area (Å²) in [5, 5.41) is 0. The zero-order valence-corrected chi connectivity index (χ0v) is 11.3. The minimum Gasteiger partial charge on any atom is -0.327 e. The predicted molar refractivity (Wildman–Crippen MR) is 67.6 cm³/mol. The molecule has 4 heteroatoms. The van der Waals surface area contributed by atoms with E-state index in [4.69, 9.17) is 5.73 Å². The maximum absolute atomic E-state index is 13.8. The molecule has 1 nitrogen and oxygen atoms in total. The fourth-order valence-corrected chi connectivity index (χ4v) is 2.96. The summed E-state index contributed by atoms with van der Waals surface area (Å²) in [7, 11) is 0. The third-order valence-electron chi connectivity index (χ3n) is 3.89. The average molecular weight is 304 g/mol. The van der Waals surface area contributed by atoms with Gasteiger partial charge in [-0.25, -0.2) is 8.78 Å². The second-order valence-electron chi connectivity index (χ2n) is 4.89. The molecule has 1 fully saturated rings. The standard InChI is InChI=1S/C13H16BrF2N/c1-7-8(2-5-12(7)17)6-9-11(15)4-3-10(14)13(9)16/h3-4,7-8,12H,2,5-6,17H2,1H3. The molecule has 0 aromatic heterocycles. The third-order valence-corrected chi connectivity index (χ3v) is 4.51. The van der Waals surface area contributed by atoms with E-state index < -0.39 is 11.6 Å². The van der Waals surface area contributed by atoms with Gasteiger partial charge in [-0.1, -0.05) is 6.92 Å². The first-order valence-electron chi connectivity index (χ1n) is 5.88. The van der Waals surface area contributed by atoms with Gasteiger partial charge in [0.05, 0.1) is 4.47 Å². The SMILES string of the molecule is CC1C(N)CCC1Cc1c(F)ccc(Br)c1F. The highest BCUT2D eigenvalue weighted by atomic mass is 79.9. The van der Waals surface area contributed by atoms with E-state index in [2.05, 4.69) is 22.9 Å². The molecule has 17 heavy (non-hydrogen) atoms. The van der Waals surface area contributed by atoms with Crippen molar-refractivity contribution in [1.82, 2.24) is 0 Å². The van der Waals surface area contributed by atoms with Crippen LogP contribution in [0.5, 0.6) is 0 Å². The van der Waals surface area contributed by atoms with Crippen molar-refractivity contribution >= 4 is 15.9 Å². The van der Waals surface area contributed by atoms with Crippen LogP contribution in [-0.2, 0) is 6.42 Å². The maximum Gasteiger partial charge on any atom is 0.143 e. The number of nitrogens with two attached hydrogens (primary N) is 1. The van der Waals surface area contributed by atoms with Crippen molar-refractivity contribution in [2.24, 2.45) is 17.6 Å². The van der Waals surface area contributed by atoms with Crippen LogP contribution in [0.4, 0.5) is 8.78 Å². The van der Waals surface area contributed by atoms with Crippen molar-refractivity contribution in [3.05, 3.63) is 33.8 Å². The number of hydrogen-bond acceptors (Lipinski definition) is 1. The summed E-state index contributed by atoms with van der Waals surface area (Å²) in [6.07, 6.45) is 2.34. The second kappa shape index (κ2) is 5.02. The van der Waals surface area contributed by atoms with Gasteiger partial charge in [0.2, 0.25) is 0 Å². The molecule has 3 unspecified atom stereocenters. The van der Waals surface area contributed by atoms with E-state index in [1.54, 1.807) is 0 Å². The van der Waals surface area contributed by atoms with Gasteiger partial charge >= 0.3 is 0 Å². The van der Waals surface area contributed by atoms with E-state index in [0.717, 1.165) is 12.8 Å². The van der Waals surface area contributed by atoms with Crippen LogP contribution >= 0.6 is 15.9 Å². The molecule has 0 bridgehead atoms. The molecule has 1 aromatic carbocycles. The number of hydrogen-bond donors (Lipinski definition) is 1. The fraction of sp³-hybridized carbons (Fsp3) is 0.538. The minimum atomic E-state index is -0.474. The highest BCUT2D eigenvalue weighted by Crippen LogP contribution is 2.35. The van der Waals surface area contributed by atoms with E-state index in [0.29, 0.717) is 16.8 Å². The fourth-order valence-electron chi connectivity index (χ4n) is 2.59. The van der Waals surface area contributed by atoms with Crippen molar-refractivity contribution in [3.63, 3.8) is 0 Å². The number of rotatable bonds is 2. The Morgan fingerprint density at radius 1 is 1.35 bits per heavy atom. The Kier molecular flexibility index (Phi) is 3.83. The van der Waals surface area contributed by atoms with Crippen LogP contribution in [0.1, 0.15) is 25.3 Å². The Bertz CT molecular complexity index is 422. The van der Waals surface area contributed by atoms with Crippen molar-refractivity contribution in [3.8, 4) is 0 Å². The summed E-state index contributed by atoms with van der Waals surface area (Å²) in [6, 6.07) is 2.87. The molecular formula is C13H16BrF2N. The Morgan fingerprint density at radius 2 is 2.06 bits per heavy atom. The highest BCUT2D eigenvalue weighted by Gasteiger charge is 2.31. The summed E-state index contributed by atoms with van der Waals surface area (Å²) in [4.78, 5) is 0. The quantitative estimate of drug-likeness (QED) is 0.829. The first kappa shape index (κ1) is 13.0.